The van der Waals surface area contributed by atoms with E-state index in [1.165, 1.54) is 122 Å². The quantitative estimate of drug-likeness (QED) is 0.325. The molecule has 0 amide bonds. The molecule has 0 atom stereocenters. The van der Waals surface area contributed by atoms with Crippen LogP contribution in [0, 0.1) is 35.5 Å². The third-order valence-electron chi connectivity index (χ3n) is 9.08. The van der Waals surface area contributed by atoms with Gasteiger partial charge in [-0.1, -0.05) is 90.4 Å². The lowest BCUT2D eigenvalue weighted by Crippen LogP contribution is -2.26. The van der Waals surface area contributed by atoms with Crippen LogP contribution in [0.3, 0.4) is 0 Å². The van der Waals surface area contributed by atoms with Gasteiger partial charge < -0.3 is 0 Å². The first-order chi connectivity index (χ1) is 13.8. The van der Waals surface area contributed by atoms with E-state index in [1.807, 2.05) is 0 Å². The van der Waals surface area contributed by atoms with Gasteiger partial charge in [0.1, 0.15) is 0 Å². The van der Waals surface area contributed by atoms with Gasteiger partial charge in [0, 0.05) is 0 Å². The van der Waals surface area contributed by atoms with Crippen LogP contribution in [-0.2, 0) is 0 Å². The molecule has 1 heteroatoms. The fraction of sp³-hybridized carbons (Fsp3) is 1.00. The fourth-order valence-electron chi connectivity index (χ4n) is 6.90. The van der Waals surface area contributed by atoms with Crippen LogP contribution in [0.5, 0.6) is 0 Å². The van der Waals surface area contributed by atoms with Crippen LogP contribution in [0.25, 0.3) is 0 Å². The summed E-state index contributed by atoms with van der Waals surface area (Å²) in [7, 11) is 0. The molecule has 0 aromatic rings. The molecule has 3 fully saturated rings. The molecule has 164 valence electrons. The predicted octanol–water partition coefficient (Wildman–Crippen LogP) is 9.13. The highest BCUT2D eigenvalue weighted by Gasteiger charge is 2.31. The summed E-state index contributed by atoms with van der Waals surface area (Å²) in [5.74, 6) is 5.48. The Labute approximate surface area is 175 Å². The standard InChI is InChI=1S/C27H49F/c1-2-3-4-5-6-22-7-9-23(10-8-22)11-12-24-13-17-26(18-14-24)27-19-15-25(21-28)16-20-27/h22-27H,2-21H2,1H3. The van der Waals surface area contributed by atoms with E-state index in [0.717, 1.165) is 29.6 Å². The van der Waals surface area contributed by atoms with E-state index in [0.29, 0.717) is 5.92 Å². The normalized spacial score (nSPS) is 37.1. The Bertz CT molecular complexity index is 381. The zero-order chi connectivity index (χ0) is 19.6. The van der Waals surface area contributed by atoms with Crippen molar-refractivity contribution in [3.8, 4) is 0 Å². The summed E-state index contributed by atoms with van der Waals surface area (Å²) in [6.07, 6.45) is 27.4. The lowest BCUT2D eigenvalue weighted by atomic mass is 9.68. The Hall–Kier alpha value is -0.0700. The summed E-state index contributed by atoms with van der Waals surface area (Å²) in [4.78, 5) is 0. The van der Waals surface area contributed by atoms with E-state index in [-0.39, 0.29) is 6.67 Å². The Morgan fingerprint density at radius 2 is 0.929 bits per heavy atom. The number of hydrogen-bond acceptors (Lipinski definition) is 0. The maximum Gasteiger partial charge on any atom is 0.0922 e. The zero-order valence-corrected chi connectivity index (χ0v) is 19.0. The van der Waals surface area contributed by atoms with Crippen molar-refractivity contribution < 1.29 is 4.39 Å². The first-order valence-corrected chi connectivity index (χ1v) is 13.3. The minimum atomic E-state index is -0.0692. The van der Waals surface area contributed by atoms with Crippen LogP contribution >= 0.6 is 0 Å². The summed E-state index contributed by atoms with van der Waals surface area (Å²) in [5, 5.41) is 0. The second kappa shape index (κ2) is 12.6. The van der Waals surface area contributed by atoms with Gasteiger partial charge in [-0.3, -0.25) is 4.39 Å². The van der Waals surface area contributed by atoms with E-state index in [2.05, 4.69) is 6.92 Å². The monoisotopic (exact) mass is 392 g/mol. The average Bonchev–Trinajstić information content (AvgIpc) is 2.76. The third kappa shape index (κ3) is 7.32. The van der Waals surface area contributed by atoms with Gasteiger partial charge in [0.15, 0.2) is 0 Å². The van der Waals surface area contributed by atoms with Crippen LogP contribution in [0.4, 0.5) is 4.39 Å². The van der Waals surface area contributed by atoms with Gasteiger partial charge in [-0.05, 0) is 74.0 Å². The van der Waals surface area contributed by atoms with E-state index in [4.69, 9.17) is 0 Å². The van der Waals surface area contributed by atoms with Crippen molar-refractivity contribution in [1.29, 1.82) is 0 Å². The summed E-state index contributed by atoms with van der Waals surface area (Å²) >= 11 is 0. The number of unbranched alkanes of at least 4 members (excludes halogenated alkanes) is 3. The van der Waals surface area contributed by atoms with Crippen molar-refractivity contribution in [2.45, 2.75) is 129 Å². The maximum atomic E-state index is 12.8. The van der Waals surface area contributed by atoms with Gasteiger partial charge in [-0.2, -0.15) is 0 Å². The van der Waals surface area contributed by atoms with Crippen molar-refractivity contribution in [3.05, 3.63) is 0 Å². The van der Waals surface area contributed by atoms with Crippen molar-refractivity contribution >= 4 is 0 Å². The Kier molecular flexibility index (Phi) is 10.2. The molecule has 3 aliphatic carbocycles. The molecule has 0 spiro atoms. The largest absolute Gasteiger partial charge is 0.251 e. The van der Waals surface area contributed by atoms with Crippen molar-refractivity contribution in [3.63, 3.8) is 0 Å². The molecule has 3 rings (SSSR count). The SMILES string of the molecule is CCCCCCC1CCC(CCC2CCC(C3CCC(CF)CC3)CC2)CC1. The summed E-state index contributed by atoms with van der Waals surface area (Å²) in [5.41, 5.74) is 0. The molecule has 0 heterocycles. The molecule has 3 saturated carbocycles. The third-order valence-corrected chi connectivity index (χ3v) is 9.08. The highest BCUT2D eigenvalue weighted by molar-refractivity contribution is 4.82. The smallest absolute Gasteiger partial charge is 0.0922 e. The molecule has 0 aliphatic heterocycles. The topological polar surface area (TPSA) is 0 Å². The molecule has 0 radical (unpaired) electrons. The minimum absolute atomic E-state index is 0.0692. The van der Waals surface area contributed by atoms with Gasteiger partial charge in [-0.15, -0.1) is 0 Å². The molecule has 0 nitrogen and oxygen atoms in total. The number of rotatable bonds is 10. The fourth-order valence-corrected chi connectivity index (χ4v) is 6.90. The number of halogens is 1. The van der Waals surface area contributed by atoms with Gasteiger partial charge in [0.2, 0.25) is 0 Å². The van der Waals surface area contributed by atoms with E-state index < -0.39 is 0 Å². The molecular formula is C27H49F. The van der Waals surface area contributed by atoms with Gasteiger partial charge in [-0.25, -0.2) is 0 Å². The summed E-state index contributed by atoms with van der Waals surface area (Å²) < 4.78 is 12.8. The van der Waals surface area contributed by atoms with Crippen molar-refractivity contribution in [2.75, 3.05) is 6.67 Å². The van der Waals surface area contributed by atoms with E-state index >= 15 is 0 Å². The van der Waals surface area contributed by atoms with Crippen LogP contribution in [-0.4, -0.2) is 6.67 Å². The second-order valence-electron chi connectivity index (χ2n) is 11.0. The van der Waals surface area contributed by atoms with Crippen LogP contribution in [0.15, 0.2) is 0 Å². The van der Waals surface area contributed by atoms with E-state index in [1.54, 1.807) is 0 Å². The molecule has 0 saturated heterocycles. The lowest BCUT2D eigenvalue weighted by molar-refractivity contribution is 0.130. The van der Waals surface area contributed by atoms with E-state index in [9.17, 15) is 4.39 Å². The van der Waals surface area contributed by atoms with Crippen molar-refractivity contribution in [2.24, 2.45) is 35.5 Å². The highest BCUT2D eigenvalue weighted by atomic mass is 19.1. The summed E-state index contributed by atoms with van der Waals surface area (Å²) in [6.45, 7) is 2.25. The Morgan fingerprint density at radius 1 is 0.500 bits per heavy atom. The first-order valence-electron chi connectivity index (χ1n) is 13.3. The molecule has 28 heavy (non-hydrogen) atoms. The minimum Gasteiger partial charge on any atom is -0.251 e. The Morgan fingerprint density at radius 3 is 1.39 bits per heavy atom. The molecular weight excluding hydrogens is 343 g/mol. The lowest BCUT2D eigenvalue weighted by Gasteiger charge is -2.38. The molecule has 0 bridgehead atoms. The van der Waals surface area contributed by atoms with Crippen LogP contribution < -0.4 is 0 Å². The van der Waals surface area contributed by atoms with Crippen LogP contribution in [0.2, 0.25) is 0 Å². The van der Waals surface area contributed by atoms with Crippen LogP contribution in [0.1, 0.15) is 129 Å². The maximum absolute atomic E-state index is 12.8. The van der Waals surface area contributed by atoms with Gasteiger partial charge in [0.05, 0.1) is 6.67 Å². The Balaban J connectivity index is 1.23. The summed E-state index contributed by atoms with van der Waals surface area (Å²) in [6, 6.07) is 0. The van der Waals surface area contributed by atoms with Crippen molar-refractivity contribution in [1.82, 2.24) is 0 Å². The van der Waals surface area contributed by atoms with Gasteiger partial charge >= 0.3 is 0 Å². The number of hydrogen-bond donors (Lipinski definition) is 0. The molecule has 0 aromatic heterocycles. The molecule has 0 aromatic carbocycles. The molecule has 0 unspecified atom stereocenters. The predicted molar refractivity (Wildman–Crippen MR) is 120 cm³/mol. The zero-order valence-electron chi connectivity index (χ0n) is 19.0. The van der Waals surface area contributed by atoms with Gasteiger partial charge in [0.25, 0.3) is 0 Å². The first kappa shape index (κ1) is 22.6. The average molecular weight is 393 g/mol. The second-order valence-corrected chi connectivity index (χ2v) is 11.0. The molecule has 3 aliphatic rings. The highest BCUT2D eigenvalue weighted by Crippen LogP contribution is 2.43. The molecule has 0 N–H and O–H groups in total. The number of alkyl halides is 1.